The summed E-state index contributed by atoms with van der Waals surface area (Å²) in [6.45, 7) is 1.52. The van der Waals surface area contributed by atoms with Crippen LogP contribution >= 0.6 is 30.0 Å². The molecule has 0 saturated heterocycles. The Morgan fingerprint density at radius 2 is 1.77 bits per heavy atom. The topological polar surface area (TPSA) is 152 Å². The summed E-state index contributed by atoms with van der Waals surface area (Å²) in [6.07, 6.45) is -0.0762. The zero-order chi connectivity index (χ0) is 23.2. The zero-order valence-corrected chi connectivity index (χ0v) is 20.1. The van der Waals surface area contributed by atoms with Crippen molar-refractivity contribution in [2.45, 2.75) is 31.6 Å². The third-order valence-corrected chi connectivity index (χ3v) is 8.14. The number of nitrogens with one attached hydrogen (secondary N) is 1. The van der Waals surface area contributed by atoms with Crippen molar-refractivity contribution in [2.24, 2.45) is 5.92 Å². The number of rotatable bonds is 10. The average Bonchev–Trinajstić information content (AvgIpc) is 2.70. The number of quaternary nitrogens is 1. The van der Waals surface area contributed by atoms with Crippen LogP contribution in [0.2, 0.25) is 0 Å². The quantitative estimate of drug-likeness (QED) is 0.221. The Hall–Kier alpha value is -1.94. The second-order valence-electron chi connectivity index (χ2n) is 7.56. The standard InChI is InChI=1S/C21H26IN2O6P/c1-13(23)31(29,30)12-16(9-14-5-3-2-4-6-14)20(26)24-18(21(27)28)11-15-7-8-19(25)17(22)10-15/h2-8,10,13,16,18,25H,9,11-12,23H2,1H3,(H,24,26)(H,27,28)(H,29,30)/p+1/t13-,16-,18+/m1/s1. The first-order chi connectivity index (χ1) is 14.5. The molecule has 0 aromatic heterocycles. The van der Waals surface area contributed by atoms with Crippen LogP contribution in [0.15, 0.2) is 48.5 Å². The molecule has 0 aliphatic heterocycles. The highest BCUT2D eigenvalue weighted by Gasteiger charge is 2.35. The molecule has 2 aromatic rings. The first-order valence-electron chi connectivity index (χ1n) is 9.68. The molecule has 7 N–H and O–H groups in total. The van der Waals surface area contributed by atoms with Crippen molar-refractivity contribution in [1.29, 1.82) is 0 Å². The van der Waals surface area contributed by atoms with Crippen LogP contribution in [0, 0.1) is 9.49 Å². The summed E-state index contributed by atoms with van der Waals surface area (Å²) < 4.78 is 13.1. The fourth-order valence-electron chi connectivity index (χ4n) is 3.04. The van der Waals surface area contributed by atoms with Gasteiger partial charge in [0, 0.05) is 12.6 Å². The number of benzene rings is 2. The molecule has 0 fully saturated rings. The van der Waals surface area contributed by atoms with Gasteiger partial charge in [0.25, 0.3) is 7.37 Å². The van der Waals surface area contributed by atoms with Gasteiger partial charge in [-0.15, -0.1) is 0 Å². The van der Waals surface area contributed by atoms with Crippen molar-refractivity contribution in [1.82, 2.24) is 5.32 Å². The predicted octanol–water partition coefficient (Wildman–Crippen LogP) is 1.83. The maximum Gasteiger partial charge on any atom is 0.326 e. The summed E-state index contributed by atoms with van der Waals surface area (Å²) in [5, 5.41) is 21.8. The molecule has 1 unspecified atom stereocenters. The Morgan fingerprint density at radius 1 is 1.13 bits per heavy atom. The van der Waals surface area contributed by atoms with Crippen LogP contribution in [0.5, 0.6) is 5.75 Å². The van der Waals surface area contributed by atoms with Crippen LogP contribution in [0.25, 0.3) is 0 Å². The number of hydrogen-bond donors (Lipinski definition) is 5. The normalized spacial score (nSPS) is 16.0. The lowest BCUT2D eigenvalue weighted by Crippen LogP contribution is -2.59. The van der Waals surface area contributed by atoms with E-state index >= 15 is 0 Å². The minimum Gasteiger partial charge on any atom is -0.507 e. The molecule has 0 bridgehead atoms. The van der Waals surface area contributed by atoms with Crippen molar-refractivity contribution in [3.8, 4) is 5.75 Å². The van der Waals surface area contributed by atoms with Crippen molar-refractivity contribution in [3.05, 3.63) is 63.2 Å². The number of carboxylic acids is 1. The first-order valence-corrected chi connectivity index (χ1v) is 12.7. The largest absolute Gasteiger partial charge is 0.507 e. The molecule has 168 valence electrons. The molecule has 2 rings (SSSR count). The van der Waals surface area contributed by atoms with Crippen LogP contribution in [0.4, 0.5) is 0 Å². The van der Waals surface area contributed by atoms with Crippen molar-refractivity contribution < 1.29 is 35.0 Å². The average molecular weight is 561 g/mol. The molecule has 0 saturated carbocycles. The number of carbonyl (C=O) groups is 2. The Morgan fingerprint density at radius 3 is 2.32 bits per heavy atom. The number of carbonyl (C=O) groups excluding carboxylic acids is 1. The number of hydrogen-bond acceptors (Lipinski definition) is 4. The molecule has 10 heteroatoms. The molecule has 0 aliphatic carbocycles. The molecule has 1 amide bonds. The first kappa shape index (κ1) is 25.3. The Labute approximate surface area is 194 Å². The maximum atomic E-state index is 13.0. The third-order valence-electron chi connectivity index (χ3n) is 4.93. The fraction of sp³-hybridized carbons (Fsp3) is 0.333. The summed E-state index contributed by atoms with van der Waals surface area (Å²) in [6, 6.07) is 12.5. The lowest BCUT2D eigenvalue weighted by Gasteiger charge is -2.23. The van der Waals surface area contributed by atoms with Gasteiger partial charge in [-0.25, -0.2) is 4.79 Å². The Bertz CT molecular complexity index is 970. The van der Waals surface area contributed by atoms with E-state index in [4.69, 9.17) is 0 Å². The summed E-state index contributed by atoms with van der Waals surface area (Å²) in [5.41, 5.74) is 5.07. The second-order valence-corrected chi connectivity index (χ2v) is 11.5. The summed E-state index contributed by atoms with van der Waals surface area (Å²) in [7, 11) is -3.71. The van der Waals surface area contributed by atoms with E-state index in [1.807, 2.05) is 40.8 Å². The molecule has 0 aliphatic rings. The van der Waals surface area contributed by atoms with Crippen LogP contribution in [-0.4, -0.2) is 45.0 Å². The van der Waals surface area contributed by atoms with Crippen LogP contribution < -0.4 is 11.1 Å². The van der Waals surface area contributed by atoms with Gasteiger partial charge in [0.05, 0.1) is 9.49 Å². The number of amides is 1. The lowest BCUT2D eigenvalue weighted by atomic mass is 9.99. The van der Waals surface area contributed by atoms with E-state index in [2.05, 4.69) is 11.1 Å². The smallest absolute Gasteiger partial charge is 0.326 e. The van der Waals surface area contributed by atoms with Crippen molar-refractivity contribution in [2.75, 3.05) is 6.16 Å². The lowest BCUT2D eigenvalue weighted by molar-refractivity contribution is -0.385. The minimum atomic E-state index is -3.71. The highest BCUT2D eigenvalue weighted by atomic mass is 127. The number of carboxylic acid groups (broad SMARTS) is 1. The molecule has 2 aromatic carbocycles. The van der Waals surface area contributed by atoms with E-state index in [9.17, 15) is 29.3 Å². The molecular weight excluding hydrogens is 534 g/mol. The number of phenolic OH excluding ortho intramolecular Hbond substituents is 1. The fourth-order valence-corrected chi connectivity index (χ4v) is 4.90. The Balaban J connectivity index is 2.22. The van der Waals surface area contributed by atoms with Crippen molar-refractivity contribution >= 4 is 41.8 Å². The van der Waals surface area contributed by atoms with Crippen LogP contribution in [0.3, 0.4) is 0 Å². The van der Waals surface area contributed by atoms with Crippen LogP contribution in [0.1, 0.15) is 18.1 Å². The summed E-state index contributed by atoms with van der Waals surface area (Å²) >= 11 is 1.93. The molecule has 0 radical (unpaired) electrons. The van der Waals surface area contributed by atoms with E-state index < -0.39 is 37.0 Å². The third kappa shape index (κ3) is 7.60. The number of aromatic hydroxyl groups is 1. The van der Waals surface area contributed by atoms with E-state index in [0.717, 1.165) is 5.56 Å². The van der Waals surface area contributed by atoms with Gasteiger partial charge in [-0.2, -0.15) is 0 Å². The molecule has 4 atom stereocenters. The molecule has 0 spiro atoms. The van der Waals surface area contributed by atoms with Gasteiger partial charge in [-0.1, -0.05) is 36.4 Å². The highest BCUT2D eigenvalue weighted by Crippen LogP contribution is 2.45. The van der Waals surface area contributed by atoms with E-state index in [0.29, 0.717) is 9.13 Å². The molecule has 0 heterocycles. The summed E-state index contributed by atoms with van der Waals surface area (Å²) in [4.78, 5) is 35.1. The monoisotopic (exact) mass is 561 g/mol. The maximum absolute atomic E-state index is 13.0. The summed E-state index contributed by atoms with van der Waals surface area (Å²) in [5.74, 6) is -3.37. The van der Waals surface area contributed by atoms with Crippen molar-refractivity contribution in [3.63, 3.8) is 0 Å². The Kier molecular flexibility index (Phi) is 9.05. The molecule has 31 heavy (non-hydrogen) atoms. The van der Waals surface area contributed by atoms with E-state index in [1.165, 1.54) is 13.0 Å². The molecule has 8 nitrogen and oxygen atoms in total. The van der Waals surface area contributed by atoms with E-state index in [-0.39, 0.29) is 24.8 Å². The van der Waals surface area contributed by atoms with Crippen LogP contribution in [-0.2, 0) is 27.0 Å². The highest BCUT2D eigenvalue weighted by molar-refractivity contribution is 14.1. The zero-order valence-electron chi connectivity index (χ0n) is 17.1. The van der Waals surface area contributed by atoms with Gasteiger partial charge >= 0.3 is 5.97 Å². The van der Waals surface area contributed by atoms with E-state index in [1.54, 1.807) is 24.3 Å². The SMILES string of the molecule is C[C@H]([NH3+])P(=O)(O)C[C@@H](Cc1ccccc1)C(=O)N[C@@H](Cc1ccc(O)c(I)c1)C(=O)O. The van der Waals surface area contributed by atoms with Gasteiger partial charge in [-0.3, -0.25) is 9.36 Å². The van der Waals surface area contributed by atoms with Gasteiger partial charge in [-0.05, 0) is 59.2 Å². The van der Waals surface area contributed by atoms with Gasteiger partial charge < -0.3 is 26.2 Å². The molecular formula is C21H27IN2O6P+. The van der Waals surface area contributed by atoms with Gasteiger partial charge in [0.1, 0.15) is 11.8 Å². The predicted molar refractivity (Wildman–Crippen MR) is 125 cm³/mol. The minimum absolute atomic E-state index is 0.0118. The number of phenols is 1. The van der Waals surface area contributed by atoms with Gasteiger partial charge in [0.2, 0.25) is 5.91 Å². The number of halogens is 1. The number of aliphatic carboxylic acids is 1. The second kappa shape index (κ2) is 11.1. The van der Waals surface area contributed by atoms with Gasteiger partial charge in [0.15, 0.2) is 5.78 Å².